The lowest BCUT2D eigenvalue weighted by Gasteiger charge is -2.42. The SMILES string of the molecule is C[C@@H](c1ccccc1)N1C(=O)NC(=O)[C@@]12CCOc1ccc(F)cc12. The maximum Gasteiger partial charge on any atom is 0.325 e. The number of carbonyl (C=O) groups is 2. The van der Waals surface area contributed by atoms with E-state index in [1.165, 1.54) is 23.1 Å². The van der Waals surface area contributed by atoms with Crippen molar-refractivity contribution in [2.45, 2.75) is 24.9 Å². The predicted molar refractivity (Wildman–Crippen MR) is 88.4 cm³/mol. The Bertz CT molecular complexity index is 855. The molecule has 1 spiro atoms. The summed E-state index contributed by atoms with van der Waals surface area (Å²) in [5.41, 5.74) is 0.0308. The van der Waals surface area contributed by atoms with Gasteiger partial charge < -0.3 is 4.74 Å². The van der Waals surface area contributed by atoms with Crippen molar-refractivity contribution < 1.29 is 18.7 Å². The molecule has 1 saturated heterocycles. The third-order valence-electron chi connectivity index (χ3n) is 5.00. The molecule has 2 aliphatic rings. The number of rotatable bonds is 2. The highest BCUT2D eigenvalue weighted by Crippen LogP contribution is 2.47. The second-order valence-corrected chi connectivity index (χ2v) is 6.32. The molecule has 128 valence electrons. The summed E-state index contributed by atoms with van der Waals surface area (Å²) in [4.78, 5) is 27.0. The lowest BCUT2D eigenvalue weighted by Crippen LogP contribution is -2.50. The fourth-order valence-electron chi connectivity index (χ4n) is 3.81. The Kier molecular flexibility index (Phi) is 3.49. The predicted octanol–water partition coefficient (Wildman–Crippen LogP) is 3.12. The van der Waals surface area contributed by atoms with E-state index in [2.05, 4.69) is 5.32 Å². The first kappa shape index (κ1) is 15.6. The number of hydrogen-bond acceptors (Lipinski definition) is 3. The zero-order valence-electron chi connectivity index (χ0n) is 13.7. The summed E-state index contributed by atoms with van der Waals surface area (Å²) in [6.07, 6.45) is 0.276. The highest BCUT2D eigenvalue weighted by molar-refractivity contribution is 6.08. The van der Waals surface area contributed by atoms with Gasteiger partial charge in [0, 0.05) is 12.0 Å². The van der Waals surface area contributed by atoms with Crippen LogP contribution in [0.1, 0.15) is 30.5 Å². The molecule has 2 atom stereocenters. The van der Waals surface area contributed by atoms with Gasteiger partial charge in [-0.3, -0.25) is 15.0 Å². The molecule has 2 aromatic rings. The molecule has 1 N–H and O–H groups in total. The van der Waals surface area contributed by atoms with Gasteiger partial charge in [-0.15, -0.1) is 0 Å². The molecule has 2 heterocycles. The fourth-order valence-corrected chi connectivity index (χ4v) is 3.81. The van der Waals surface area contributed by atoms with Gasteiger partial charge in [0.25, 0.3) is 5.91 Å². The zero-order chi connectivity index (χ0) is 17.6. The van der Waals surface area contributed by atoms with E-state index in [-0.39, 0.29) is 19.1 Å². The molecule has 0 radical (unpaired) electrons. The highest BCUT2D eigenvalue weighted by Gasteiger charge is 2.58. The summed E-state index contributed by atoms with van der Waals surface area (Å²) in [6.45, 7) is 2.14. The van der Waals surface area contributed by atoms with E-state index in [1.807, 2.05) is 37.3 Å². The molecule has 0 bridgehead atoms. The normalized spacial score (nSPS) is 23.2. The number of nitrogens with one attached hydrogen (secondary N) is 1. The van der Waals surface area contributed by atoms with Gasteiger partial charge in [0.15, 0.2) is 5.54 Å². The number of hydrogen-bond donors (Lipinski definition) is 1. The van der Waals surface area contributed by atoms with Gasteiger partial charge in [-0.1, -0.05) is 30.3 Å². The Balaban J connectivity index is 1.89. The number of amides is 3. The number of ether oxygens (including phenoxy) is 1. The van der Waals surface area contributed by atoms with Crippen LogP contribution < -0.4 is 10.1 Å². The van der Waals surface area contributed by atoms with Crippen LogP contribution in [0.5, 0.6) is 5.75 Å². The molecule has 3 amide bonds. The monoisotopic (exact) mass is 340 g/mol. The van der Waals surface area contributed by atoms with Gasteiger partial charge >= 0.3 is 6.03 Å². The minimum atomic E-state index is -1.26. The van der Waals surface area contributed by atoms with E-state index >= 15 is 0 Å². The molecular weight excluding hydrogens is 323 g/mol. The summed E-state index contributed by atoms with van der Waals surface area (Å²) >= 11 is 0. The number of fused-ring (bicyclic) bond motifs is 2. The second kappa shape index (κ2) is 5.58. The average Bonchev–Trinajstić information content (AvgIpc) is 2.86. The van der Waals surface area contributed by atoms with Gasteiger partial charge in [0.1, 0.15) is 11.6 Å². The van der Waals surface area contributed by atoms with Gasteiger partial charge in [-0.05, 0) is 30.7 Å². The van der Waals surface area contributed by atoms with E-state index in [0.29, 0.717) is 11.3 Å². The zero-order valence-corrected chi connectivity index (χ0v) is 13.7. The Morgan fingerprint density at radius 1 is 1.20 bits per heavy atom. The summed E-state index contributed by atoms with van der Waals surface area (Å²) in [7, 11) is 0. The number of halogens is 1. The van der Waals surface area contributed by atoms with Crippen molar-refractivity contribution in [2.24, 2.45) is 0 Å². The molecule has 25 heavy (non-hydrogen) atoms. The van der Waals surface area contributed by atoms with Crippen LogP contribution in [0.15, 0.2) is 48.5 Å². The van der Waals surface area contributed by atoms with Crippen LogP contribution in [-0.2, 0) is 10.3 Å². The molecule has 6 heteroatoms. The molecular formula is C19H17FN2O3. The van der Waals surface area contributed by atoms with Gasteiger partial charge in [-0.25, -0.2) is 9.18 Å². The summed E-state index contributed by atoms with van der Waals surface area (Å²) < 4.78 is 19.5. The summed E-state index contributed by atoms with van der Waals surface area (Å²) in [5, 5.41) is 2.41. The van der Waals surface area contributed by atoms with E-state index in [4.69, 9.17) is 4.74 Å². The van der Waals surface area contributed by atoms with Crippen LogP contribution in [0.3, 0.4) is 0 Å². The fraction of sp³-hybridized carbons (Fsp3) is 0.263. The lowest BCUT2D eigenvalue weighted by molar-refractivity contribution is -0.129. The number of carbonyl (C=O) groups excluding carboxylic acids is 2. The van der Waals surface area contributed by atoms with Crippen LogP contribution in [0.4, 0.5) is 9.18 Å². The van der Waals surface area contributed by atoms with Crippen molar-refractivity contribution in [3.05, 3.63) is 65.5 Å². The lowest BCUT2D eigenvalue weighted by atomic mass is 9.81. The van der Waals surface area contributed by atoms with Crippen LogP contribution in [0.25, 0.3) is 0 Å². The molecule has 1 fully saturated rings. The minimum absolute atomic E-state index is 0.275. The third-order valence-corrected chi connectivity index (χ3v) is 5.00. The van der Waals surface area contributed by atoms with Crippen LogP contribution in [0, 0.1) is 5.82 Å². The van der Waals surface area contributed by atoms with Crippen molar-refractivity contribution >= 4 is 11.9 Å². The van der Waals surface area contributed by atoms with Crippen molar-refractivity contribution in [1.29, 1.82) is 0 Å². The second-order valence-electron chi connectivity index (χ2n) is 6.32. The quantitative estimate of drug-likeness (QED) is 0.855. The first-order valence-electron chi connectivity index (χ1n) is 8.16. The Hall–Kier alpha value is -2.89. The summed E-state index contributed by atoms with van der Waals surface area (Å²) in [6, 6.07) is 12.7. The van der Waals surface area contributed by atoms with Crippen LogP contribution in [-0.4, -0.2) is 23.4 Å². The molecule has 5 nitrogen and oxygen atoms in total. The molecule has 2 aromatic carbocycles. The van der Waals surface area contributed by atoms with E-state index in [9.17, 15) is 14.0 Å². The van der Waals surface area contributed by atoms with Gasteiger partial charge in [0.2, 0.25) is 0 Å². The van der Waals surface area contributed by atoms with Crippen LogP contribution >= 0.6 is 0 Å². The largest absolute Gasteiger partial charge is 0.493 e. The van der Waals surface area contributed by atoms with Crippen molar-refractivity contribution in [2.75, 3.05) is 6.61 Å². The van der Waals surface area contributed by atoms with Crippen molar-refractivity contribution in [3.63, 3.8) is 0 Å². The van der Waals surface area contributed by atoms with E-state index in [0.717, 1.165) is 5.56 Å². The molecule has 0 saturated carbocycles. The smallest absolute Gasteiger partial charge is 0.325 e. The topological polar surface area (TPSA) is 58.6 Å². The maximum absolute atomic E-state index is 13.9. The third kappa shape index (κ3) is 2.21. The van der Waals surface area contributed by atoms with Gasteiger partial charge in [0.05, 0.1) is 12.6 Å². The molecule has 0 unspecified atom stereocenters. The first-order chi connectivity index (χ1) is 12.0. The minimum Gasteiger partial charge on any atom is -0.493 e. The van der Waals surface area contributed by atoms with Crippen LogP contribution in [0.2, 0.25) is 0 Å². The highest BCUT2D eigenvalue weighted by atomic mass is 19.1. The standard InChI is InChI=1S/C19H17FN2O3/c1-12(13-5-3-2-4-6-13)22-18(24)21-17(23)19(22)9-10-25-16-8-7-14(20)11-15(16)19/h2-8,11-12H,9-10H2,1H3,(H,21,23,24)/t12-,19-/m0/s1. The molecule has 0 aromatic heterocycles. The maximum atomic E-state index is 13.9. The van der Waals surface area contributed by atoms with Gasteiger partial charge in [-0.2, -0.15) is 0 Å². The number of imide groups is 1. The summed E-state index contributed by atoms with van der Waals surface area (Å²) in [5.74, 6) is -0.471. The number of benzene rings is 2. The number of urea groups is 1. The molecule has 4 rings (SSSR count). The average molecular weight is 340 g/mol. The van der Waals surface area contributed by atoms with Crippen molar-refractivity contribution in [1.82, 2.24) is 10.2 Å². The molecule has 0 aliphatic carbocycles. The number of nitrogens with zero attached hydrogens (tertiary/aromatic N) is 1. The molecule has 2 aliphatic heterocycles. The van der Waals surface area contributed by atoms with Crippen molar-refractivity contribution in [3.8, 4) is 5.75 Å². The Morgan fingerprint density at radius 2 is 1.96 bits per heavy atom. The Labute approximate surface area is 144 Å². The Morgan fingerprint density at radius 3 is 2.72 bits per heavy atom. The first-order valence-corrected chi connectivity index (χ1v) is 8.16. The van der Waals surface area contributed by atoms with E-state index in [1.54, 1.807) is 0 Å². The van der Waals surface area contributed by atoms with E-state index < -0.39 is 23.3 Å².